The number of sulfonamides is 1. The molecule has 2 aromatic carbocycles. The third kappa shape index (κ3) is 7.76. The first-order valence-electron chi connectivity index (χ1n) is 11.3. The highest BCUT2D eigenvalue weighted by atomic mass is 32.2. The van der Waals surface area contributed by atoms with Gasteiger partial charge in [0.1, 0.15) is 11.8 Å². The molecule has 0 aliphatic rings. The molecular weight excluding hydrogens is 454 g/mol. The molecule has 0 aromatic heterocycles. The van der Waals surface area contributed by atoms with Crippen LogP contribution in [0.15, 0.2) is 48.5 Å². The minimum absolute atomic E-state index is 0.103. The van der Waals surface area contributed by atoms with E-state index in [1.54, 1.807) is 36.1 Å². The van der Waals surface area contributed by atoms with Crippen molar-refractivity contribution >= 4 is 27.5 Å². The number of carbonyl (C=O) groups is 2. The van der Waals surface area contributed by atoms with Gasteiger partial charge in [-0.2, -0.15) is 0 Å². The summed E-state index contributed by atoms with van der Waals surface area (Å²) in [6, 6.07) is 13.9. The van der Waals surface area contributed by atoms with Crippen LogP contribution in [0.1, 0.15) is 37.8 Å². The zero-order valence-corrected chi connectivity index (χ0v) is 21.4. The van der Waals surface area contributed by atoms with Crippen molar-refractivity contribution in [2.45, 2.75) is 46.2 Å². The Morgan fingerprint density at radius 2 is 1.79 bits per heavy atom. The van der Waals surface area contributed by atoms with Crippen LogP contribution in [0.2, 0.25) is 0 Å². The average Bonchev–Trinajstić information content (AvgIpc) is 2.80. The lowest BCUT2D eigenvalue weighted by Crippen LogP contribution is -2.47. The molecule has 2 amide bonds. The maximum atomic E-state index is 13.2. The van der Waals surface area contributed by atoms with E-state index in [4.69, 9.17) is 4.74 Å². The quantitative estimate of drug-likeness (QED) is 0.494. The highest BCUT2D eigenvalue weighted by Gasteiger charge is 2.26. The van der Waals surface area contributed by atoms with Gasteiger partial charge in [-0.15, -0.1) is 0 Å². The normalized spacial score (nSPS) is 12.0. The standard InChI is InChI=1S/C25H35N3O5S/c1-6-26-25(30)20(3)27(18-21-14-12-19(2)13-15-21)24(29)11-8-16-28(34(5,31)32)22-9-7-10-23(17-22)33-4/h7,9-10,12-15,17,20H,6,8,11,16,18H2,1-5H3,(H,26,30)/t20-/m1/s1. The predicted molar refractivity (Wildman–Crippen MR) is 134 cm³/mol. The second kappa shape index (κ2) is 12.4. The topological polar surface area (TPSA) is 96.0 Å². The third-order valence-electron chi connectivity index (χ3n) is 5.49. The molecule has 2 rings (SSSR count). The summed E-state index contributed by atoms with van der Waals surface area (Å²) in [6.07, 6.45) is 1.54. The maximum absolute atomic E-state index is 13.2. The van der Waals surface area contributed by atoms with Gasteiger partial charge < -0.3 is 15.0 Å². The number of aryl methyl sites for hydroxylation is 1. The Labute approximate surface area is 202 Å². The van der Waals surface area contributed by atoms with Gasteiger partial charge in [0, 0.05) is 32.1 Å². The number of amides is 2. The molecule has 34 heavy (non-hydrogen) atoms. The molecule has 1 atom stereocenters. The van der Waals surface area contributed by atoms with Gasteiger partial charge >= 0.3 is 0 Å². The molecule has 0 radical (unpaired) electrons. The van der Waals surface area contributed by atoms with Gasteiger partial charge in [0.25, 0.3) is 0 Å². The summed E-state index contributed by atoms with van der Waals surface area (Å²) >= 11 is 0. The van der Waals surface area contributed by atoms with E-state index in [0.717, 1.165) is 17.4 Å². The third-order valence-corrected chi connectivity index (χ3v) is 6.68. The van der Waals surface area contributed by atoms with Crippen molar-refractivity contribution in [2.24, 2.45) is 0 Å². The minimum Gasteiger partial charge on any atom is -0.497 e. The number of nitrogens with one attached hydrogen (secondary N) is 1. The fraction of sp³-hybridized carbons (Fsp3) is 0.440. The first-order chi connectivity index (χ1) is 16.1. The summed E-state index contributed by atoms with van der Waals surface area (Å²) in [4.78, 5) is 27.2. The first kappa shape index (κ1) is 27.2. The Kier molecular flexibility index (Phi) is 9.92. The van der Waals surface area contributed by atoms with E-state index in [1.165, 1.54) is 11.4 Å². The molecule has 0 aliphatic carbocycles. The number of nitrogens with zero attached hydrogens (tertiary/aromatic N) is 2. The Hall–Kier alpha value is -3.07. The highest BCUT2D eigenvalue weighted by Crippen LogP contribution is 2.24. The first-order valence-corrected chi connectivity index (χ1v) is 13.2. The summed E-state index contributed by atoms with van der Waals surface area (Å²) in [5.41, 5.74) is 2.50. The minimum atomic E-state index is -3.56. The van der Waals surface area contributed by atoms with Crippen molar-refractivity contribution in [3.8, 4) is 5.75 Å². The molecule has 0 saturated carbocycles. The van der Waals surface area contributed by atoms with Crippen LogP contribution < -0.4 is 14.4 Å². The maximum Gasteiger partial charge on any atom is 0.242 e. The van der Waals surface area contributed by atoms with Crippen LogP contribution in [-0.2, 0) is 26.2 Å². The highest BCUT2D eigenvalue weighted by molar-refractivity contribution is 7.92. The molecule has 2 aromatic rings. The summed E-state index contributed by atoms with van der Waals surface area (Å²) in [7, 11) is -2.05. The molecule has 9 heteroatoms. The Balaban J connectivity index is 2.15. The molecule has 0 spiro atoms. The van der Waals surface area contributed by atoms with Gasteiger partial charge in [-0.05, 0) is 44.9 Å². The molecule has 0 heterocycles. The number of methoxy groups -OCH3 is 1. The van der Waals surface area contributed by atoms with Crippen molar-refractivity contribution in [2.75, 3.05) is 30.8 Å². The van der Waals surface area contributed by atoms with Crippen molar-refractivity contribution in [3.05, 3.63) is 59.7 Å². The van der Waals surface area contributed by atoms with Crippen LogP contribution in [0.4, 0.5) is 5.69 Å². The lowest BCUT2D eigenvalue weighted by atomic mass is 10.1. The van der Waals surface area contributed by atoms with Crippen LogP contribution in [0.5, 0.6) is 5.75 Å². The SMILES string of the molecule is CCNC(=O)[C@@H](C)N(Cc1ccc(C)cc1)C(=O)CCCN(c1cccc(OC)c1)S(C)(=O)=O. The van der Waals surface area contributed by atoms with Crippen LogP contribution >= 0.6 is 0 Å². The number of benzene rings is 2. The molecule has 8 nitrogen and oxygen atoms in total. The zero-order valence-electron chi connectivity index (χ0n) is 20.6. The van der Waals surface area contributed by atoms with Crippen molar-refractivity contribution in [1.29, 1.82) is 0 Å². The molecule has 0 unspecified atom stereocenters. The molecular formula is C25H35N3O5S. The smallest absolute Gasteiger partial charge is 0.242 e. The van der Waals surface area contributed by atoms with Gasteiger partial charge in [0.2, 0.25) is 21.8 Å². The number of anilines is 1. The average molecular weight is 490 g/mol. The van der Waals surface area contributed by atoms with Gasteiger partial charge in [-0.3, -0.25) is 13.9 Å². The fourth-order valence-electron chi connectivity index (χ4n) is 3.56. The number of carbonyl (C=O) groups excluding carboxylic acids is 2. The van der Waals surface area contributed by atoms with Crippen molar-refractivity contribution in [3.63, 3.8) is 0 Å². The number of rotatable bonds is 12. The van der Waals surface area contributed by atoms with Gasteiger partial charge in [0.15, 0.2) is 0 Å². The molecule has 0 saturated heterocycles. The summed E-state index contributed by atoms with van der Waals surface area (Å²) in [5, 5.41) is 2.77. The number of ether oxygens (including phenoxy) is 1. The number of hydrogen-bond acceptors (Lipinski definition) is 5. The Morgan fingerprint density at radius 1 is 1.12 bits per heavy atom. The molecule has 0 fully saturated rings. The van der Waals surface area contributed by atoms with E-state index in [1.807, 2.05) is 38.1 Å². The summed E-state index contributed by atoms with van der Waals surface area (Å²) in [6.45, 7) is 6.42. The van der Waals surface area contributed by atoms with Crippen LogP contribution in [0, 0.1) is 6.92 Å². The fourth-order valence-corrected chi connectivity index (χ4v) is 4.52. The lowest BCUT2D eigenvalue weighted by molar-refractivity contribution is -0.140. The van der Waals surface area contributed by atoms with Gasteiger partial charge in [-0.25, -0.2) is 8.42 Å². The molecule has 1 N–H and O–H groups in total. The molecule has 0 aliphatic heterocycles. The van der Waals surface area contributed by atoms with Gasteiger partial charge in [0.05, 0.1) is 19.1 Å². The summed E-state index contributed by atoms with van der Waals surface area (Å²) < 4.78 is 31.3. The van der Waals surface area contributed by atoms with Crippen molar-refractivity contribution in [1.82, 2.24) is 10.2 Å². The van der Waals surface area contributed by atoms with Crippen molar-refractivity contribution < 1.29 is 22.7 Å². The Bertz CT molecular complexity index is 1070. The second-order valence-electron chi connectivity index (χ2n) is 8.22. The lowest BCUT2D eigenvalue weighted by Gasteiger charge is -2.29. The van der Waals surface area contributed by atoms with Crippen LogP contribution in [-0.4, -0.2) is 57.6 Å². The van der Waals surface area contributed by atoms with E-state index in [2.05, 4.69) is 5.32 Å². The second-order valence-corrected chi connectivity index (χ2v) is 10.1. The van der Waals surface area contributed by atoms with Crippen LogP contribution in [0.25, 0.3) is 0 Å². The van der Waals surface area contributed by atoms with E-state index < -0.39 is 16.1 Å². The van der Waals surface area contributed by atoms with E-state index in [0.29, 0.717) is 30.9 Å². The zero-order chi connectivity index (χ0) is 25.3. The van der Waals surface area contributed by atoms with E-state index >= 15 is 0 Å². The number of likely N-dealkylation sites (N-methyl/N-ethyl adjacent to an activating group) is 1. The monoisotopic (exact) mass is 489 g/mol. The molecule has 186 valence electrons. The molecule has 0 bridgehead atoms. The van der Waals surface area contributed by atoms with Crippen LogP contribution in [0.3, 0.4) is 0 Å². The Morgan fingerprint density at radius 3 is 2.38 bits per heavy atom. The van der Waals surface area contributed by atoms with E-state index in [9.17, 15) is 18.0 Å². The van der Waals surface area contributed by atoms with E-state index in [-0.39, 0.29) is 24.8 Å². The largest absolute Gasteiger partial charge is 0.497 e. The predicted octanol–water partition coefficient (Wildman–Crippen LogP) is 3.10. The number of hydrogen-bond donors (Lipinski definition) is 1. The summed E-state index contributed by atoms with van der Waals surface area (Å²) in [5.74, 6) is 0.109. The van der Waals surface area contributed by atoms with Gasteiger partial charge in [-0.1, -0.05) is 35.9 Å².